The summed E-state index contributed by atoms with van der Waals surface area (Å²) in [5.41, 5.74) is 2.27. The molecule has 20 heavy (non-hydrogen) atoms. The van der Waals surface area contributed by atoms with Crippen LogP contribution in [-0.2, 0) is 0 Å². The van der Waals surface area contributed by atoms with Gasteiger partial charge in [0.05, 0.1) is 5.56 Å². The summed E-state index contributed by atoms with van der Waals surface area (Å²) >= 11 is 0. The van der Waals surface area contributed by atoms with Crippen molar-refractivity contribution in [2.24, 2.45) is 0 Å². The Bertz CT molecular complexity index is 543. The predicted octanol–water partition coefficient (Wildman–Crippen LogP) is 4.59. The number of anilines is 1. The normalized spacial score (nSPS) is 20.4. The maximum atomic E-state index is 14.0. The van der Waals surface area contributed by atoms with Crippen LogP contribution in [0.15, 0.2) is 12.1 Å². The van der Waals surface area contributed by atoms with Gasteiger partial charge < -0.3 is 4.90 Å². The summed E-state index contributed by atoms with van der Waals surface area (Å²) in [6.45, 7) is 9.71. The van der Waals surface area contributed by atoms with Gasteiger partial charge in [-0.2, -0.15) is 5.26 Å². The predicted molar refractivity (Wildman–Crippen MR) is 80.5 cm³/mol. The van der Waals surface area contributed by atoms with Gasteiger partial charge >= 0.3 is 0 Å². The summed E-state index contributed by atoms with van der Waals surface area (Å²) < 4.78 is 14.0. The largest absolute Gasteiger partial charge is 0.366 e. The molecule has 3 heteroatoms. The molecule has 0 aliphatic carbocycles. The smallest absolute Gasteiger partial charge is 0.143 e. The second-order valence-electron chi connectivity index (χ2n) is 6.43. The Balaban J connectivity index is 2.52. The maximum absolute atomic E-state index is 14.0. The zero-order valence-corrected chi connectivity index (χ0v) is 12.8. The molecule has 0 bridgehead atoms. The molecule has 1 atom stereocenters. The quantitative estimate of drug-likeness (QED) is 0.806. The molecule has 1 aromatic carbocycles. The summed E-state index contributed by atoms with van der Waals surface area (Å²) in [4.78, 5) is 2.32. The Labute approximate surface area is 121 Å². The average Bonchev–Trinajstić information content (AvgIpc) is 2.37. The highest BCUT2D eigenvalue weighted by atomic mass is 19.1. The SMILES string of the molecule is CCCCN1c2cc(F)c(C#N)cc2C(C)CC1(C)C. The molecule has 0 radical (unpaired) electrons. The van der Waals surface area contributed by atoms with Crippen molar-refractivity contribution in [1.82, 2.24) is 0 Å². The fourth-order valence-corrected chi connectivity index (χ4v) is 3.33. The average molecular weight is 274 g/mol. The zero-order valence-electron chi connectivity index (χ0n) is 12.8. The molecule has 108 valence electrons. The molecule has 0 aromatic heterocycles. The third kappa shape index (κ3) is 2.52. The van der Waals surface area contributed by atoms with E-state index in [0.29, 0.717) is 5.92 Å². The number of nitrogens with zero attached hydrogens (tertiary/aromatic N) is 2. The first kappa shape index (κ1) is 14.8. The fraction of sp³-hybridized carbons (Fsp3) is 0.588. The molecule has 2 nitrogen and oxygen atoms in total. The van der Waals surface area contributed by atoms with Crippen LogP contribution in [0.1, 0.15) is 64.0 Å². The van der Waals surface area contributed by atoms with Gasteiger partial charge in [-0.15, -0.1) is 0 Å². The third-order valence-corrected chi connectivity index (χ3v) is 4.33. The van der Waals surface area contributed by atoms with Crippen LogP contribution >= 0.6 is 0 Å². The molecule has 2 rings (SSSR count). The molecule has 1 unspecified atom stereocenters. The molecule has 0 N–H and O–H groups in total. The number of benzene rings is 1. The van der Waals surface area contributed by atoms with Crippen molar-refractivity contribution in [2.75, 3.05) is 11.4 Å². The number of nitriles is 1. The van der Waals surface area contributed by atoms with Crippen molar-refractivity contribution in [3.63, 3.8) is 0 Å². The van der Waals surface area contributed by atoms with E-state index in [9.17, 15) is 4.39 Å². The molecule has 1 aromatic rings. The van der Waals surface area contributed by atoms with Crippen LogP contribution in [0, 0.1) is 17.1 Å². The van der Waals surface area contributed by atoms with Crippen LogP contribution in [0.2, 0.25) is 0 Å². The number of fused-ring (bicyclic) bond motifs is 1. The molecular formula is C17H23FN2. The molecule has 1 heterocycles. The van der Waals surface area contributed by atoms with E-state index in [1.807, 2.05) is 6.07 Å². The van der Waals surface area contributed by atoms with E-state index in [0.717, 1.165) is 37.1 Å². The number of halogens is 1. The van der Waals surface area contributed by atoms with Crippen molar-refractivity contribution in [1.29, 1.82) is 5.26 Å². The summed E-state index contributed by atoms with van der Waals surface area (Å²) in [7, 11) is 0. The lowest BCUT2D eigenvalue weighted by molar-refractivity contribution is 0.373. The van der Waals surface area contributed by atoms with Gasteiger partial charge in [0.1, 0.15) is 11.9 Å². The molecule has 0 spiro atoms. The van der Waals surface area contributed by atoms with Gasteiger partial charge in [0.25, 0.3) is 0 Å². The van der Waals surface area contributed by atoms with E-state index in [1.165, 1.54) is 0 Å². The summed E-state index contributed by atoms with van der Waals surface area (Å²) in [6.07, 6.45) is 3.25. The Hall–Kier alpha value is -1.56. The van der Waals surface area contributed by atoms with Crippen molar-refractivity contribution < 1.29 is 4.39 Å². The maximum Gasteiger partial charge on any atom is 0.143 e. The van der Waals surface area contributed by atoms with Crippen molar-refractivity contribution in [3.8, 4) is 6.07 Å². The second kappa shape index (κ2) is 5.44. The molecule has 0 fully saturated rings. The molecule has 0 saturated carbocycles. The number of unbranched alkanes of at least 4 members (excludes halogenated alkanes) is 1. The molecule has 1 aliphatic heterocycles. The second-order valence-corrected chi connectivity index (χ2v) is 6.43. The van der Waals surface area contributed by atoms with Gasteiger partial charge in [-0.1, -0.05) is 20.3 Å². The minimum atomic E-state index is -0.405. The van der Waals surface area contributed by atoms with E-state index < -0.39 is 5.82 Å². The first-order chi connectivity index (χ1) is 9.40. The standard InChI is InChI=1S/C17H23FN2/c1-5-6-7-20-16-9-15(18)13(11-19)8-14(16)12(2)10-17(20,3)4/h8-9,12H,5-7,10H2,1-4H3. The molecule has 0 saturated heterocycles. The van der Waals surface area contributed by atoms with Gasteiger partial charge in [0.2, 0.25) is 0 Å². The highest BCUT2D eigenvalue weighted by Gasteiger charge is 2.36. The number of hydrogen-bond donors (Lipinski definition) is 0. The van der Waals surface area contributed by atoms with Crippen LogP contribution in [0.3, 0.4) is 0 Å². The van der Waals surface area contributed by atoms with Gasteiger partial charge in [-0.25, -0.2) is 4.39 Å². The van der Waals surface area contributed by atoms with E-state index in [1.54, 1.807) is 12.1 Å². The monoisotopic (exact) mass is 274 g/mol. The van der Waals surface area contributed by atoms with Crippen LogP contribution in [0.25, 0.3) is 0 Å². The first-order valence-electron chi connectivity index (χ1n) is 7.42. The molecule has 0 amide bonds. The fourth-order valence-electron chi connectivity index (χ4n) is 3.33. The highest BCUT2D eigenvalue weighted by molar-refractivity contribution is 5.62. The van der Waals surface area contributed by atoms with Crippen molar-refractivity contribution in [2.45, 2.75) is 58.4 Å². The van der Waals surface area contributed by atoms with Gasteiger partial charge in [-0.3, -0.25) is 0 Å². The lowest BCUT2D eigenvalue weighted by Crippen LogP contribution is -2.48. The molecule has 1 aliphatic rings. The summed E-state index contributed by atoms with van der Waals surface area (Å²) in [5, 5.41) is 9.01. The van der Waals surface area contributed by atoms with Crippen molar-refractivity contribution >= 4 is 5.69 Å². The van der Waals surface area contributed by atoms with E-state index in [4.69, 9.17) is 5.26 Å². The van der Waals surface area contributed by atoms with Gasteiger partial charge in [-0.05, 0) is 50.3 Å². The Morgan fingerprint density at radius 2 is 2.15 bits per heavy atom. The van der Waals surface area contributed by atoms with Crippen LogP contribution in [0.4, 0.5) is 10.1 Å². The Kier molecular flexibility index (Phi) is 4.04. The topological polar surface area (TPSA) is 27.0 Å². The van der Waals surface area contributed by atoms with Crippen LogP contribution < -0.4 is 4.90 Å². The minimum Gasteiger partial charge on any atom is -0.366 e. The van der Waals surface area contributed by atoms with Crippen LogP contribution in [0.5, 0.6) is 0 Å². The van der Waals surface area contributed by atoms with E-state index in [-0.39, 0.29) is 11.1 Å². The number of hydrogen-bond acceptors (Lipinski definition) is 2. The lowest BCUT2D eigenvalue weighted by atomic mass is 9.79. The van der Waals surface area contributed by atoms with Gasteiger partial charge in [0, 0.05) is 17.8 Å². The highest BCUT2D eigenvalue weighted by Crippen LogP contribution is 2.44. The Morgan fingerprint density at radius 3 is 2.75 bits per heavy atom. The molecular weight excluding hydrogens is 251 g/mol. The first-order valence-corrected chi connectivity index (χ1v) is 7.42. The lowest BCUT2D eigenvalue weighted by Gasteiger charge is -2.47. The minimum absolute atomic E-state index is 0.0299. The third-order valence-electron chi connectivity index (χ3n) is 4.33. The summed E-state index contributed by atoms with van der Waals surface area (Å²) in [6, 6.07) is 5.25. The van der Waals surface area contributed by atoms with Crippen molar-refractivity contribution in [3.05, 3.63) is 29.1 Å². The van der Waals surface area contributed by atoms with Gasteiger partial charge in [0.15, 0.2) is 0 Å². The Morgan fingerprint density at radius 1 is 1.45 bits per heavy atom. The number of rotatable bonds is 3. The van der Waals surface area contributed by atoms with Crippen LogP contribution in [-0.4, -0.2) is 12.1 Å². The summed E-state index contributed by atoms with van der Waals surface area (Å²) in [5.74, 6) is -0.0526. The zero-order chi connectivity index (χ0) is 14.9. The van der Waals surface area contributed by atoms with E-state index in [2.05, 4.69) is 32.6 Å². The van der Waals surface area contributed by atoms with E-state index >= 15 is 0 Å².